The third kappa shape index (κ3) is 4.43. The summed E-state index contributed by atoms with van der Waals surface area (Å²) in [5.41, 5.74) is 4.01. The lowest BCUT2D eigenvalue weighted by molar-refractivity contribution is 0.372. The van der Waals surface area contributed by atoms with E-state index in [1.807, 2.05) is 49.4 Å². The second-order valence-electron chi connectivity index (χ2n) is 5.66. The topological polar surface area (TPSA) is 79.3 Å². The Morgan fingerprint density at radius 2 is 1.52 bits per heavy atom. The fraction of sp³-hybridized carbons (Fsp3) is 0.105. The van der Waals surface area contributed by atoms with E-state index < -0.39 is 10.4 Å². The molecule has 0 aliphatic heterocycles. The summed E-state index contributed by atoms with van der Waals surface area (Å²) in [6.45, 7) is 2.02. The minimum Gasteiger partial charge on any atom is -0.716 e. The summed E-state index contributed by atoms with van der Waals surface area (Å²) < 4.78 is 36.5. The minimum absolute atomic E-state index is 0.0116. The van der Waals surface area contributed by atoms with Gasteiger partial charge in [0, 0.05) is 6.20 Å². The van der Waals surface area contributed by atoms with Crippen molar-refractivity contribution in [2.75, 3.05) is 0 Å². The SMILES string of the molecule is Cc1ccc(C(c2ccc(OS(=O)(=O)[O-])cc2)c2ccccn2)cc1. The molecule has 0 aliphatic carbocycles. The van der Waals surface area contributed by atoms with E-state index in [-0.39, 0.29) is 11.7 Å². The van der Waals surface area contributed by atoms with E-state index in [2.05, 4.69) is 9.17 Å². The van der Waals surface area contributed by atoms with Gasteiger partial charge in [-0.3, -0.25) is 4.98 Å². The third-order valence-corrected chi connectivity index (χ3v) is 4.20. The molecule has 0 fully saturated rings. The molecule has 0 saturated heterocycles. The molecule has 6 heteroatoms. The molecule has 5 nitrogen and oxygen atoms in total. The number of benzene rings is 2. The van der Waals surface area contributed by atoms with Crippen LogP contribution in [0.25, 0.3) is 0 Å². The molecule has 1 aromatic heterocycles. The van der Waals surface area contributed by atoms with Gasteiger partial charge in [0.25, 0.3) is 10.4 Å². The molecule has 128 valence electrons. The number of pyridine rings is 1. The van der Waals surface area contributed by atoms with Crippen molar-refractivity contribution in [2.24, 2.45) is 0 Å². The number of hydrogen-bond acceptors (Lipinski definition) is 5. The van der Waals surface area contributed by atoms with Gasteiger partial charge in [0.1, 0.15) is 5.75 Å². The molecule has 1 atom stereocenters. The van der Waals surface area contributed by atoms with Crippen LogP contribution < -0.4 is 4.18 Å². The summed E-state index contributed by atoms with van der Waals surface area (Å²) in [7, 11) is -4.78. The number of nitrogens with zero attached hydrogens (tertiary/aromatic N) is 1. The van der Waals surface area contributed by atoms with Crippen LogP contribution in [0, 0.1) is 6.92 Å². The largest absolute Gasteiger partial charge is 0.716 e. The first-order valence-corrected chi connectivity index (χ1v) is 8.98. The Bertz CT molecular complexity index is 937. The maximum atomic E-state index is 10.7. The van der Waals surface area contributed by atoms with Gasteiger partial charge >= 0.3 is 0 Å². The van der Waals surface area contributed by atoms with E-state index >= 15 is 0 Å². The highest BCUT2D eigenvalue weighted by molar-refractivity contribution is 7.81. The Morgan fingerprint density at radius 3 is 2.04 bits per heavy atom. The van der Waals surface area contributed by atoms with Crippen molar-refractivity contribution in [3.05, 3.63) is 95.3 Å². The number of rotatable bonds is 5. The Kier molecular flexibility index (Phi) is 4.83. The minimum atomic E-state index is -4.78. The number of aryl methyl sites for hydroxylation is 1. The summed E-state index contributed by atoms with van der Waals surface area (Å²) in [6, 6.07) is 20.3. The van der Waals surface area contributed by atoms with Gasteiger partial charge in [-0.05, 0) is 42.3 Å². The highest BCUT2D eigenvalue weighted by Crippen LogP contribution is 2.31. The first kappa shape index (κ1) is 17.1. The number of aromatic nitrogens is 1. The summed E-state index contributed by atoms with van der Waals surface area (Å²) in [5.74, 6) is -0.123. The Labute approximate surface area is 146 Å². The smallest absolute Gasteiger partial charge is 0.262 e. The van der Waals surface area contributed by atoms with Crippen LogP contribution in [-0.2, 0) is 10.4 Å². The Balaban J connectivity index is 2.01. The van der Waals surface area contributed by atoms with Crippen LogP contribution in [0.2, 0.25) is 0 Å². The third-order valence-electron chi connectivity index (χ3n) is 3.81. The molecule has 0 N–H and O–H groups in total. The molecular formula is C19H16NO4S-. The first-order chi connectivity index (χ1) is 11.9. The van der Waals surface area contributed by atoms with Gasteiger partial charge in [-0.25, -0.2) is 8.42 Å². The second-order valence-corrected chi connectivity index (χ2v) is 6.64. The number of hydrogen-bond donors (Lipinski definition) is 0. The highest BCUT2D eigenvalue weighted by atomic mass is 32.3. The molecule has 0 radical (unpaired) electrons. The van der Waals surface area contributed by atoms with Crippen LogP contribution in [-0.4, -0.2) is 18.0 Å². The second kappa shape index (κ2) is 7.04. The molecule has 2 aromatic carbocycles. The van der Waals surface area contributed by atoms with Crippen LogP contribution in [0.4, 0.5) is 0 Å². The quantitative estimate of drug-likeness (QED) is 0.518. The lowest BCUT2D eigenvalue weighted by Crippen LogP contribution is -2.08. The normalized spacial score (nSPS) is 12.6. The lowest BCUT2D eigenvalue weighted by atomic mass is 9.88. The summed E-state index contributed by atoms with van der Waals surface area (Å²) >= 11 is 0. The van der Waals surface area contributed by atoms with E-state index in [0.29, 0.717) is 0 Å². The van der Waals surface area contributed by atoms with Crippen LogP contribution in [0.5, 0.6) is 5.75 Å². The van der Waals surface area contributed by atoms with Crippen molar-refractivity contribution < 1.29 is 17.2 Å². The zero-order valence-corrected chi connectivity index (χ0v) is 14.3. The molecule has 3 rings (SSSR count). The molecule has 0 amide bonds. The van der Waals surface area contributed by atoms with Crippen LogP contribution >= 0.6 is 0 Å². The van der Waals surface area contributed by atoms with E-state index in [0.717, 1.165) is 22.4 Å². The average molecular weight is 354 g/mol. The molecular weight excluding hydrogens is 338 g/mol. The van der Waals surface area contributed by atoms with Crippen LogP contribution in [0.1, 0.15) is 28.3 Å². The molecule has 1 heterocycles. The molecule has 1 unspecified atom stereocenters. The maximum absolute atomic E-state index is 10.7. The predicted octanol–water partition coefficient (Wildman–Crippen LogP) is 3.41. The van der Waals surface area contributed by atoms with Crippen LogP contribution in [0.15, 0.2) is 72.9 Å². The van der Waals surface area contributed by atoms with Gasteiger partial charge in [0.2, 0.25) is 0 Å². The summed E-state index contributed by atoms with van der Waals surface area (Å²) in [5, 5.41) is 0. The molecule has 0 aliphatic rings. The average Bonchev–Trinajstić information content (AvgIpc) is 2.58. The van der Waals surface area contributed by atoms with Crippen molar-refractivity contribution in [3.63, 3.8) is 0 Å². The Morgan fingerprint density at radius 1 is 0.920 bits per heavy atom. The van der Waals surface area contributed by atoms with Crippen LogP contribution in [0.3, 0.4) is 0 Å². The maximum Gasteiger partial charge on any atom is 0.262 e. The fourth-order valence-electron chi connectivity index (χ4n) is 2.67. The first-order valence-electron chi connectivity index (χ1n) is 7.65. The van der Waals surface area contributed by atoms with Gasteiger partial charge in [-0.1, -0.05) is 48.0 Å². The van der Waals surface area contributed by atoms with E-state index in [1.165, 1.54) is 12.1 Å². The van der Waals surface area contributed by atoms with Gasteiger partial charge in [0.05, 0.1) is 11.6 Å². The molecule has 0 saturated carbocycles. The standard InChI is InChI=1S/C19H17NO4S/c1-14-5-7-15(8-6-14)19(18-4-2-3-13-20-18)16-9-11-17(12-10-16)24-25(21,22)23/h2-13,19H,1H3,(H,21,22,23)/p-1. The zero-order chi connectivity index (χ0) is 17.9. The predicted molar refractivity (Wildman–Crippen MR) is 93.1 cm³/mol. The van der Waals surface area contributed by atoms with Gasteiger partial charge < -0.3 is 8.74 Å². The van der Waals surface area contributed by atoms with Crippen molar-refractivity contribution in [3.8, 4) is 5.75 Å². The molecule has 25 heavy (non-hydrogen) atoms. The van der Waals surface area contributed by atoms with Crippen molar-refractivity contribution in [2.45, 2.75) is 12.8 Å². The van der Waals surface area contributed by atoms with Crippen molar-refractivity contribution >= 4 is 10.4 Å². The zero-order valence-electron chi connectivity index (χ0n) is 13.5. The van der Waals surface area contributed by atoms with Gasteiger partial charge in [-0.2, -0.15) is 0 Å². The van der Waals surface area contributed by atoms with Crippen molar-refractivity contribution in [1.29, 1.82) is 0 Å². The Hall–Kier alpha value is -2.70. The fourth-order valence-corrected chi connectivity index (χ4v) is 3.02. The van der Waals surface area contributed by atoms with E-state index in [4.69, 9.17) is 0 Å². The molecule has 0 spiro atoms. The molecule has 0 bridgehead atoms. The van der Waals surface area contributed by atoms with Gasteiger partial charge in [-0.15, -0.1) is 0 Å². The van der Waals surface area contributed by atoms with E-state index in [1.54, 1.807) is 18.3 Å². The summed E-state index contributed by atoms with van der Waals surface area (Å²) in [6.07, 6.45) is 1.73. The van der Waals surface area contributed by atoms with Crippen molar-refractivity contribution in [1.82, 2.24) is 4.98 Å². The lowest BCUT2D eigenvalue weighted by Gasteiger charge is -2.18. The summed E-state index contributed by atoms with van der Waals surface area (Å²) in [4.78, 5) is 4.46. The highest BCUT2D eigenvalue weighted by Gasteiger charge is 2.18. The monoisotopic (exact) mass is 354 g/mol. The molecule has 3 aromatic rings. The van der Waals surface area contributed by atoms with Gasteiger partial charge in [0.15, 0.2) is 0 Å². The van der Waals surface area contributed by atoms with E-state index in [9.17, 15) is 13.0 Å².